The highest BCUT2D eigenvalue weighted by atomic mass is 16.7. The first-order valence-corrected chi connectivity index (χ1v) is 3.17. The first-order chi connectivity index (χ1) is 5.68. The lowest BCUT2D eigenvalue weighted by Crippen LogP contribution is -2.14. The van der Waals surface area contributed by atoms with Crippen LogP contribution < -0.4 is 11.2 Å². The molecule has 0 aromatic carbocycles. The van der Waals surface area contributed by atoms with E-state index in [9.17, 15) is 9.59 Å². The van der Waals surface area contributed by atoms with Gasteiger partial charge in [0.25, 0.3) is 0 Å². The molecule has 6 nitrogen and oxygen atoms in total. The number of hydrogen-bond donors (Lipinski definition) is 2. The van der Waals surface area contributed by atoms with Crippen LogP contribution in [0.3, 0.4) is 0 Å². The molecule has 2 N–H and O–H groups in total. The minimum absolute atomic E-state index is 0.283. The maximum Gasteiger partial charge on any atom is 0.346 e. The molecular weight excluding hydrogens is 162 g/mol. The fraction of sp³-hybridized carbons (Fsp3) is 0.167. The normalized spacial score (nSPS) is 9.08. The molecule has 1 aromatic rings. The summed E-state index contributed by atoms with van der Waals surface area (Å²) >= 11 is 0. The van der Waals surface area contributed by atoms with Crippen molar-refractivity contribution in [3.8, 4) is 0 Å². The summed E-state index contributed by atoms with van der Waals surface area (Å²) in [4.78, 5) is 31.0. The molecular formula is C6H7N3O3. The number of rotatable bonds is 2. The zero-order valence-corrected chi connectivity index (χ0v) is 6.33. The quantitative estimate of drug-likeness (QED) is 0.591. The van der Waals surface area contributed by atoms with E-state index in [1.807, 2.05) is 0 Å². The fourth-order valence-corrected chi connectivity index (χ4v) is 0.555. The third-order valence-electron chi connectivity index (χ3n) is 0.979. The number of H-pyrrole nitrogens is 1. The van der Waals surface area contributed by atoms with Gasteiger partial charge in [0, 0.05) is 19.2 Å². The molecule has 0 saturated carbocycles. The fourth-order valence-electron chi connectivity index (χ4n) is 0.555. The molecule has 0 spiro atoms. The summed E-state index contributed by atoms with van der Waals surface area (Å²) in [5, 5.41) is 0. The minimum Gasteiger partial charge on any atom is -0.342 e. The van der Waals surface area contributed by atoms with Gasteiger partial charge in [0.2, 0.25) is 0 Å². The topological polar surface area (TPSA) is 84.1 Å². The Kier molecular flexibility index (Phi) is 2.42. The maximum absolute atomic E-state index is 10.6. The van der Waals surface area contributed by atoms with Crippen molar-refractivity contribution in [2.45, 2.75) is 6.92 Å². The zero-order chi connectivity index (χ0) is 8.97. The molecule has 12 heavy (non-hydrogen) atoms. The van der Waals surface area contributed by atoms with E-state index in [-0.39, 0.29) is 5.82 Å². The summed E-state index contributed by atoms with van der Waals surface area (Å²) in [6, 6.07) is 1.46. The molecule has 0 aliphatic rings. The Bertz CT molecular complexity index is 333. The van der Waals surface area contributed by atoms with Crippen LogP contribution >= 0.6 is 0 Å². The van der Waals surface area contributed by atoms with Crippen molar-refractivity contribution < 1.29 is 9.63 Å². The summed E-state index contributed by atoms with van der Waals surface area (Å²) in [5.41, 5.74) is 1.73. The maximum atomic E-state index is 10.6. The summed E-state index contributed by atoms with van der Waals surface area (Å²) < 4.78 is 0. The van der Waals surface area contributed by atoms with E-state index in [1.165, 1.54) is 19.2 Å². The molecule has 0 saturated heterocycles. The molecule has 0 bridgehead atoms. The highest BCUT2D eigenvalue weighted by molar-refractivity contribution is 5.66. The summed E-state index contributed by atoms with van der Waals surface area (Å²) in [6.07, 6.45) is 1.30. The number of aromatic amines is 1. The lowest BCUT2D eigenvalue weighted by atomic mass is 10.6. The molecule has 0 fully saturated rings. The largest absolute Gasteiger partial charge is 0.346 e. The standard InChI is InChI=1S/C6H7N3O3/c1-4(10)12-9-5-2-3-7-6(11)8-5/h2-3H,1H3,(H2,7,8,9,11). The van der Waals surface area contributed by atoms with Gasteiger partial charge in [-0.25, -0.2) is 15.3 Å². The zero-order valence-electron chi connectivity index (χ0n) is 6.33. The summed E-state index contributed by atoms with van der Waals surface area (Å²) in [7, 11) is 0. The number of nitrogens with one attached hydrogen (secondary N) is 2. The predicted octanol–water partition coefficient (Wildman–Crippen LogP) is -0.340. The molecule has 0 radical (unpaired) electrons. The second kappa shape index (κ2) is 3.51. The monoisotopic (exact) mass is 169 g/mol. The molecule has 1 heterocycles. The number of anilines is 1. The highest BCUT2D eigenvalue weighted by Gasteiger charge is 1.94. The third kappa shape index (κ3) is 2.41. The van der Waals surface area contributed by atoms with Gasteiger partial charge in [-0.05, 0) is 0 Å². The van der Waals surface area contributed by atoms with Crippen molar-refractivity contribution in [3.63, 3.8) is 0 Å². The number of hydrogen-bond acceptors (Lipinski definition) is 5. The first-order valence-electron chi connectivity index (χ1n) is 3.17. The molecule has 0 aliphatic carbocycles. The van der Waals surface area contributed by atoms with Gasteiger partial charge in [0.15, 0.2) is 0 Å². The van der Waals surface area contributed by atoms with Gasteiger partial charge in [-0.2, -0.15) is 0 Å². The van der Waals surface area contributed by atoms with Gasteiger partial charge in [-0.15, -0.1) is 0 Å². The van der Waals surface area contributed by atoms with Crippen LogP contribution in [0, 0.1) is 0 Å². The van der Waals surface area contributed by atoms with Gasteiger partial charge >= 0.3 is 11.7 Å². The van der Waals surface area contributed by atoms with E-state index in [4.69, 9.17) is 0 Å². The van der Waals surface area contributed by atoms with Crippen LogP contribution in [-0.4, -0.2) is 15.9 Å². The number of nitrogens with zero attached hydrogens (tertiary/aromatic N) is 1. The molecule has 64 valence electrons. The Morgan fingerprint density at radius 3 is 3.08 bits per heavy atom. The Labute approximate surface area is 67.5 Å². The van der Waals surface area contributed by atoms with Gasteiger partial charge in [0.05, 0.1) is 0 Å². The molecule has 0 atom stereocenters. The Morgan fingerprint density at radius 1 is 1.75 bits per heavy atom. The van der Waals surface area contributed by atoms with E-state index >= 15 is 0 Å². The molecule has 0 unspecified atom stereocenters. The van der Waals surface area contributed by atoms with Crippen molar-refractivity contribution in [1.29, 1.82) is 0 Å². The highest BCUT2D eigenvalue weighted by Crippen LogP contribution is 1.94. The Hall–Kier alpha value is -1.85. The third-order valence-corrected chi connectivity index (χ3v) is 0.979. The van der Waals surface area contributed by atoms with Crippen molar-refractivity contribution in [2.24, 2.45) is 0 Å². The van der Waals surface area contributed by atoms with Gasteiger partial charge in [0.1, 0.15) is 5.82 Å². The van der Waals surface area contributed by atoms with E-state index in [0.29, 0.717) is 0 Å². The van der Waals surface area contributed by atoms with E-state index in [2.05, 4.69) is 20.3 Å². The number of aromatic nitrogens is 2. The second-order valence-electron chi connectivity index (χ2n) is 1.98. The van der Waals surface area contributed by atoms with Crippen LogP contribution in [-0.2, 0) is 9.63 Å². The van der Waals surface area contributed by atoms with Crippen molar-refractivity contribution in [2.75, 3.05) is 5.48 Å². The second-order valence-corrected chi connectivity index (χ2v) is 1.98. The van der Waals surface area contributed by atoms with Crippen molar-refractivity contribution in [1.82, 2.24) is 9.97 Å². The SMILES string of the molecule is CC(=O)ONc1ccnc(=O)[nH]1. The van der Waals surface area contributed by atoms with Crippen LogP contribution in [0.15, 0.2) is 17.1 Å². The molecule has 1 rings (SSSR count). The van der Waals surface area contributed by atoms with E-state index in [1.54, 1.807) is 0 Å². The van der Waals surface area contributed by atoms with Crippen LogP contribution in [0.2, 0.25) is 0 Å². The first kappa shape index (κ1) is 8.25. The Balaban J connectivity index is 2.64. The molecule has 0 aliphatic heterocycles. The van der Waals surface area contributed by atoms with Crippen LogP contribution in [0.4, 0.5) is 5.82 Å². The summed E-state index contributed by atoms with van der Waals surface area (Å²) in [6.45, 7) is 1.24. The van der Waals surface area contributed by atoms with E-state index in [0.717, 1.165) is 0 Å². The van der Waals surface area contributed by atoms with E-state index < -0.39 is 11.7 Å². The molecule has 0 amide bonds. The number of carbonyl (C=O) groups is 1. The molecule has 1 aromatic heterocycles. The average Bonchev–Trinajstić information content (AvgIpc) is 2.01. The average molecular weight is 169 g/mol. The lowest BCUT2D eigenvalue weighted by molar-refractivity contribution is -0.138. The van der Waals surface area contributed by atoms with Gasteiger partial charge < -0.3 is 4.84 Å². The van der Waals surface area contributed by atoms with Crippen LogP contribution in [0.25, 0.3) is 0 Å². The van der Waals surface area contributed by atoms with Gasteiger partial charge in [-0.3, -0.25) is 9.78 Å². The minimum atomic E-state index is -0.507. The smallest absolute Gasteiger partial charge is 0.342 e. The lowest BCUT2D eigenvalue weighted by Gasteiger charge is -2.01. The summed E-state index contributed by atoms with van der Waals surface area (Å²) in [5.74, 6) is -0.210. The van der Waals surface area contributed by atoms with Crippen LogP contribution in [0.5, 0.6) is 0 Å². The Morgan fingerprint density at radius 2 is 2.50 bits per heavy atom. The van der Waals surface area contributed by atoms with Crippen LogP contribution in [0.1, 0.15) is 6.92 Å². The van der Waals surface area contributed by atoms with Crippen molar-refractivity contribution >= 4 is 11.8 Å². The van der Waals surface area contributed by atoms with Gasteiger partial charge in [-0.1, -0.05) is 0 Å². The molecule has 6 heteroatoms. The predicted molar refractivity (Wildman–Crippen MR) is 40.2 cm³/mol. The number of carbonyl (C=O) groups excluding carboxylic acids is 1. The van der Waals surface area contributed by atoms with Crippen molar-refractivity contribution in [3.05, 3.63) is 22.7 Å².